The van der Waals surface area contributed by atoms with Gasteiger partial charge in [0.25, 0.3) is 0 Å². The van der Waals surface area contributed by atoms with Gasteiger partial charge < -0.3 is 5.11 Å². The summed E-state index contributed by atoms with van der Waals surface area (Å²) >= 11 is 0. The summed E-state index contributed by atoms with van der Waals surface area (Å²) in [5, 5.41) is 10.1. The molecule has 17 heavy (non-hydrogen) atoms. The zero-order chi connectivity index (χ0) is 12.5. The zero-order valence-electron chi connectivity index (χ0n) is 11.8. The summed E-state index contributed by atoms with van der Waals surface area (Å²) in [4.78, 5) is 2.66. The number of nitrogens with zero attached hydrogens (tertiary/aromatic N) is 1. The van der Waals surface area contributed by atoms with E-state index < -0.39 is 0 Å². The van der Waals surface area contributed by atoms with Crippen LogP contribution in [0.15, 0.2) is 0 Å². The van der Waals surface area contributed by atoms with Gasteiger partial charge >= 0.3 is 0 Å². The summed E-state index contributed by atoms with van der Waals surface area (Å²) in [6.45, 7) is 9.44. The van der Waals surface area contributed by atoms with E-state index in [4.69, 9.17) is 0 Å². The fourth-order valence-corrected chi connectivity index (χ4v) is 3.51. The average Bonchev–Trinajstić information content (AvgIpc) is 2.81. The Kier molecular flexibility index (Phi) is 4.14. The summed E-state index contributed by atoms with van der Waals surface area (Å²) in [6, 6.07) is 0.676. The van der Waals surface area contributed by atoms with Crippen molar-refractivity contribution in [2.45, 2.75) is 71.4 Å². The summed E-state index contributed by atoms with van der Waals surface area (Å²) in [7, 11) is 0. The van der Waals surface area contributed by atoms with Crippen molar-refractivity contribution in [2.24, 2.45) is 11.3 Å². The van der Waals surface area contributed by atoms with Crippen molar-refractivity contribution in [3.63, 3.8) is 0 Å². The monoisotopic (exact) mass is 239 g/mol. The molecule has 1 saturated carbocycles. The van der Waals surface area contributed by atoms with Gasteiger partial charge in [-0.3, -0.25) is 4.90 Å². The van der Waals surface area contributed by atoms with Crippen LogP contribution in [-0.2, 0) is 0 Å². The molecule has 0 radical (unpaired) electrons. The quantitative estimate of drug-likeness (QED) is 0.818. The molecule has 1 heterocycles. The Morgan fingerprint density at radius 1 is 1.12 bits per heavy atom. The topological polar surface area (TPSA) is 23.5 Å². The van der Waals surface area contributed by atoms with Crippen LogP contribution in [0.25, 0.3) is 0 Å². The molecule has 0 amide bonds. The first kappa shape index (κ1) is 13.4. The molecular formula is C15H29NO. The van der Waals surface area contributed by atoms with Crippen molar-refractivity contribution < 1.29 is 5.11 Å². The van der Waals surface area contributed by atoms with E-state index in [1.165, 1.54) is 45.2 Å². The van der Waals surface area contributed by atoms with Crippen molar-refractivity contribution in [3.05, 3.63) is 0 Å². The predicted molar refractivity (Wildman–Crippen MR) is 72.0 cm³/mol. The van der Waals surface area contributed by atoms with Gasteiger partial charge in [-0.05, 0) is 50.6 Å². The molecule has 0 aromatic carbocycles. The molecular weight excluding hydrogens is 210 g/mol. The first-order valence-corrected chi connectivity index (χ1v) is 7.39. The van der Waals surface area contributed by atoms with Crippen molar-refractivity contribution in [3.8, 4) is 0 Å². The number of hydrogen-bond donors (Lipinski definition) is 1. The highest BCUT2D eigenvalue weighted by molar-refractivity contribution is 4.91. The third kappa shape index (κ3) is 3.45. The number of aliphatic hydroxyl groups is 1. The highest BCUT2D eigenvalue weighted by Crippen LogP contribution is 2.36. The molecule has 1 aliphatic carbocycles. The van der Waals surface area contributed by atoms with Gasteiger partial charge in [-0.25, -0.2) is 0 Å². The second kappa shape index (κ2) is 5.27. The molecule has 0 aromatic heterocycles. The highest BCUT2D eigenvalue weighted by atomic mass is 16.3. The van der Waals surface area contributed by atoms with Crippen LogP contribution in [0.1, 0.15) is 59.3 Å². The Morgan fingerprint density at radius 2 is 1.88 bits per heavy atom. The lowest BCUT2D eigenvalue weighted by atomic mass is 9.90. The molecule has 2 fully saturated rings. The zero-order valence-corrected chi connectivity index (χ0v) is 11.8. The van der Waals surface area contributed by atoms with E-state index >= 15 is 0 Å². The normalized spacial score (nSPS) is 35.6. The Bertz CT molecular complexity index is 246. The van der Waals surface area contributed by atoms with Gasteiger partial charge in [-0.15, -0.1) is 0 Å². The Morgan fingerprint density at radius 3 is 2.47 bits per heavy atom. The minimum absolute atomic E-state index is 0.0183. The summed E-state index contributed by atoms with van der Waals surface area (Å²) in [5.74, 6) is 0.567. The van der Waals surface area contributed by atoms with E-state index in [-0.39, 0.29) is 6.10 Å². The fraction of sp³-hybridized carbons (Fsp3) is 1.00. The molecule has 2 nitrogen and oxygen atoms in total. The maximum Gasteiger partial charge on any atom is 0.0583 e. The lowest BCUT2D eigenvalue weighted by Crippen LogP contribution is -2.40. The van der Waals surface area contributed by atoms with Gasteiger partial charge in [0.05, 0.1) is 6.10 Å². The maximum absolute atomic E-state index is 10.1. The molecule has 0 bridgehead atoms. The van der Waals surface area contributed by atoms with E-state index in [2.05, 4.69) is 25.7 Å². The van der Waals surface area contributed by atoms with Crippen LogP contribution in [0.3, 0.4) is 0 Å². The van der Waals surface area contributed by atoms with Crippen LogP contribution in [0.4, 0.5) is 0 Å². The van der Waals surface area contributed by atoms with Gasteiger partial charge in [0.15, 0.2) is 0 Å². The SMILES string of the molecule is CC(C)(C)CCN1CCCC1C1CCCC1O. The number of hydrogen-bond acceptors (Lipinski definition) is 2. The van der Waals surface area contributed by atoms with E-state index in [1.807, 2.05) is 0 Å². The molecule has 100 valence electrons. The van der Waals surface area contributed by atoms with Crippen molar-refractivity contribution in [1.29, 1.82) is 0 Å². The van der Waals surface area contributed by atoms with Crippen LogP contribution < -0.4 is 0 Å². The average molecular weight is 239 g/mol. The van der Waals surface area contributed by atoms with Gasteiger partial charge in [0.2, 0.25) is 0 Å². The first-order valence-electron chi connectivity index (χ1n) is 7.39. The summed E-state index contributed by atoms with van der Waals surface area (Å²) in [6.07, 6.45) is 7.41. The maximum atomic E-state index is 10.1. The number of aliphatic hydroxyl groups excluding tert-OH is 1. The highest BCUT2D eigenvalue weighted by Gasteiger charge is 2.38. The second-order valence-electron chi connectivity index (χ2n) is 7.22. The third-order valence-electron chi connectivity index (χ3n) is 4.59. The van der Waals surface area contributed by atoms with Gasteiger partial charge in [0, 0.05) is 12.0 Å². The standard InChI is InChI=1S/C15H29NO/c1-15(2,3)9-11-16-10-5-7-13(16)12-6-4-8-14(12)17/h12-14,17H,4-11H2,1-3H3. The number of likely N-dealkylation sites (tertiary alicyclic amines) is 1. The molecule has 3 atom stereocenters. The van der Waals surface area contributed by atoms with Gasteiger partial charge in [0.1, 0.15) is 0 Å². The van der Waals surface area contributed by atoms with Crippen LogP contribution in [0.5, 0.6) is 0 Å². The third-order valence-corrected chi connectivity index (χ3v) is 4.59. The van der Waals surface area contributed by atoms with Crippen LogP contribution in [0, 0.1) is 11.3 Å². The summed E-state index contributed by atoms with van der Waals surface area (Å²) in [5.41, 5.74) is 0.432. The molecule has 0 aromatic rings. The Hall–Kier alpha value is -0.0800. The lowest BCUT2D eigenvalue weighted by molar-refractivity contribution is 0.0705. The molecule has 0 spiro atoms. The van der Waals surface area contributed by atoms with Crippen LogP contribution in [0.2, 0.25) is 0 Å². The van der Waals surface area contributed by atoms with Gasteiger partial charge in [-0.1, -0.05) is 27.2 Å². The van der Waals surface area contributed by atoms with Crippen molar-refractivity contribution in [2.75, 3.05) is 13.1 Å². The van der Waals surface area contributed by atoms with Crippen molar-refractivity contribution in [1.82, 2.24) is 4.90 Å². The molecule has 2 rings (SSSR count). The van der Waals surface area contributed by atoms with E-state index in [0.717, 1.165) is 6.42 Å². The van der Waals surface area contributed by atoms with Crippen LogP contribution >= 0.6 is 0 Å². The largest absolute Gasteiger partial charge is 0.393 e. The molecule has 1 saturated heterocycles. The Balaban J connectivity index is 1.88. The first-order chi connectivity index (χ1) is 7.97. The van der Waals surface area contributed by atoms with E-state index in [0.29, 0.717) is 17.4 Å². The smallest absolute Gasteiger partial charge is 0.0583 e. The molecule has 2 aliphatic rings. The minimum atomic E-state index is -0.0183. The molecule has 1 aliphatic heterocycles. The molecule has 3 unspecified atom stereocenters. The van der Waals surface area contributed by atoms with Crippen molar-refractivity contribution >= 4 is 0 Å². The molecule has 1 N–H and O–H groups in total. The van der Waals surface area contributed by atoms with E-state index in [1.54, 1.807) is 0 Å². The fourth-order valence-electron chi connectivity index (χ4n) is 3.51. The summed E-state index contributed by atoms with van der Waals surface area (Å²) < 4.78 is 0. The lowest BCUT2D eigenvalue weighted by Gasteiger charge is -2.33. The second-order valence-corrected chi connectivity index (χ2v) is 7.22. The predicted octanol–water partition coefficient (Wildman–Crippen LogP) is 3.05. The number of rotatable bonds is 3. The Labute approximate surface area is 106 Å². The molecule has 2 heteroatoms. The van der Waals surface area contributed by atoms with Crippen LogP contribution in [-0.4, -0.2) is 35.2 Å². The van der Waals surface area contributed by atoms with Gasteiger partial charge in [-0.2, -0.15) is 0 Å². The minimum Gasteiger partial charge on any atom is -0.393 e. The van der Waals surface area contributed by atoms with E-state index in [9.17, 15) is 5.11 Å².